The summed E-state index contributed by atoms with van der Waals surface area (Å²) in [4.78, 5) is 19.7. The lowest BCUT2D eigenvalue weighted by molar-refractivity contribution is 0.485. The van der Waals surface area contributed by atoms with Crippen molar-refractivity contribution in [3.63, 3.8) is 0 Å². The highest BCUT2D eigenvalue weighted by Crippen LogP contribution is 2.33. The van der Waals surface area contributed by atoms with Crippen LogP contribution >= 0.6 is 34.7 Å². The molecule has 0 aliphatic rings. The zero-order valence-corrected chi connectivity index (χ0v) is 23.8. The summed E-state index contributed by atoms with van der Waals surface area (Å²) >= 11 is 9.13. The highest BCUT2D eigenvalue weighted by atomic mass is 35.5. The van der Waals surface area contributed by atoms with Crippen LogP contribution in [0.4, 0.5) is 11.4 Å². The number of halogens is 1. The molecule has 0 saturated carbocycles. The summed E-state index contributed by atoms with van der Waals surface area (Å²) in [6.07, 6.45) is 0. The monoisotopic (exact) mass is 582 g/mol. The van der Waals surface area contributed by atoms with Gasteiger partial charge in [-0.05, 0) is 67.6 Å². The fourth-order valence-corrected chi connectivity index (χ4v) is 6.06. The van der Waals surface area contributed by atoms with Crippen molar-refractivity contribution in [1.82, 2.24) is 14.8 Å². The number of para-hydroxylation sites is 4. The van der Waals surface area contributed by atoms with Crippen molar-refractivity contribution in [2.24, 2.45) is 0 Å². The van der Waals surface area contributed by atoms with Gasteiger partial charge >= 0.3 is 0 Å². The van der Waals surface area contributed by atoms with Crippen LogP contribution in [0, 0.1) is 6.92 Å². The fourth-order valence-electron chi connectivity index (χ4n) is 4.11. The zero-order valence-electron chi connectivity index (χ0n) is 21.4. The number of nitrogens with zero attached hydrogens (tertiary/aromatic N) is 3. The van der Waals surface area contributed by atoms with Crippen molar-refractivity contribution in [2.75, 3.05) is 5.32 Å². The molecular formula is C31H23ClN4O2S2. The number of anilines is 2. The molecule has 6 rings (SSSR count). The van der Waals surface area contributed by atoms with Gasteiger partial charge in [-0.25, -0.2) is 4.98 Å². The van der Waals surface area contributed by atoms with Crippen LogP contribution in [0.1, 0.15) is 11.3 Å². The molecule has 0 aliphatic heterocycles. The molecule has 9 heteroatoms. The molecular weight excluding hydrogens is 560 g/mol. The third kappa shape index (κ3) is 5.60. The number of ether oxygens (including phenoxy) is 1. The van der Waals surface area contributed by atoms with Crippen molar-refractivity contribution in [3.05, 3.63) is 130 Å². The van der Waals surface area contributed by atoms with Gasteiger partial charge in [-0.15, -0.1) is 11.8 Å². The number of aromatic nitrogens is 3. The Labute approximate surface area is 244 Å². The highest BCUT2D eigenvalue weighted by Gasteiger charge is 2.19. The highest BCUT2D eigenvalue weighted by molar-refractivity contribution is 7.98. The van der Waals surface area contributed by atoms with Crippen molar-refractivity contribution in [1.29, 1.82) is 0 Å². The third-order valence-corrected chi connectivity index (χ3v) is 8.49. The molecule has 0 radical (unpaired) electrons. The molecule has 2 aromatic heterocycles. The molecule has 0 spiro atoms. The number of benzene rings is 4. The minimum Gasteiger partial charge on any atom is -0.455 e. The van der Waals surface area contributed by atoms with E-state index in [9.17, 15) is 4.79 Å². The van der Waals surface area contributed by atoms with E-state index in [-0.39, 0.29) is 5.56 Å². The standard InChI is InChI=1S/C31H23ClN4O2S2/c1-20-26(19-39-23-17-15-21(32)16-18-23)35-36(31-34-25-12-6-8-14-28(25)40-31)30(37)29(20)33-24-11-5-7-13-27(24)38-22-9-3-2-4-10-22/h2-18,33H,19H2,1H3. The maximum absolute atomic E-state index is 13.9. The summed E-state index contributed by atoms with van der Waals surface area (Å²) < 4.78 is 8.54. The summed E-state index contributed by atoms with van der Waals surface area (Å²) in [5, 5.41) is 9.37. The number of thioether (sulfide) groups is 1. The molecule has 0 aliphatic carbocycles. The van der Waals surface area contributed by atoms with E-state index < -0.39 is 0 Å². The second-order valence-electron chi connectivity index (χ2n) is 8.91. The van der Waals surface area contributed by atoms with Crippen LogP contribution in [0.2, 0.25) is 5.02 Å². The predicted octanol–water partition coefficient (Wildman–Crippen LogP) is 8.63. The molecule has 0 bridgehead atoms. The summed E-state index contributed by atoms with van der Waals surface area (Å²) in [5.74, 6) is 1.86. The smallest absolute Gasteiger partial charge is 0.297 e. The molecule has 6 nitrogen and oxygen atoms in total. The second kappa shape index (κ2) is 11.6. The molecule has 198 valence electrons. The van der Waals surface area contributed by atoms with E-state index in [2.05, 4.69) is 5.32 Å². The summed E-state index contributed by atoms with van der Waals surface area (Å²) in [7, 11) is 0. The van der Waals surface area contributed by atoms with Crippen molar-refractivity contribution >= 4 is 56.3 Å². The van der Waals surface area contributed by atoms with E-state index in [1.165, 1.54) is 16.0 Å². The lowest BCUT2D eigenvalue weighted by atomic mass is 10.2. The van der Waals surface area contributed by atoms with Gasteiger partial charge in [0.1, 0.15) is 11.4 Å². The van der Waals surface area contributed by atoms with Gasteiger partial charge in [-0.3, -0.25) is 4.79 Å². The molecule has 2 heterocycles. The third-order valence-electron chi connectivity index (χ3n) is 6.21. The Balaban J connectivity index is 1.42. The number of hydrogen-bond donors (Lipinski definition) is 1. The number of thiazole rings is 1. The maximum atomic E-state index is 13.9. The van der Waals surface area contributed by atoms with Gasteiger partial charge in [0.2, 0.25) is 5.13 Å². The van der Waals surface area contributed by atoms with Crippen molar-refractivity contribution < 1.29 is 4.74 Å². The minimum absolute atomic E-state index is 0.286. The normalized spacial score (nSPS) is 11.1. The van der Waals surface area contributed by atoms with Crippen LogP contribution in [-0.2, 0) is 5.75 Å². The first-order chi connectivity index (χ1) is 19.5. The van der Waals surface area contributed by atoms with Gasteiger partial charge in [0, 0.05) is 21.2 Å². The largest absolute Gasteiger partial charge is 0.455 e. The van der Waals surface area contributed by atoms with E-state index in [0.717, 1.165) is 26.4 Å². The number of rotatable bonds is 8. The maximum Gasteiger partial charge on any atom is 0.297 e. The molecule has 40 heavy (non-hydrogen) atoms. The first kappa shape index (κ1) is 26.1. The summed E-state index contributed by atoms with van der Waals surface area (Å²) in [6, 6.07) is 32.6. The molecule has 6 aromatic rings. The van der Waals surface area contributed by atoms with Gasteiger partial charge in [0.15, 0.2) is 5.75 Å². The Morgan fingerprint density at radius 2 is 1.65 bits per heavy atom. The van der Waals surface area contributed by atoms with Gasteiger partial charge < -0.3 is 10.1 Å². The lowest BCUT2D eigenvalue weighted by Gasteiger charge is -2.17. The zero-order chi connectivity index (χ0) is 27.5. The number of fused-ring (bicyclic) bond motifs is 1. The average Bonchev–Trinajstić information content (AvgIpc) is 3.41. The molecule has 0 unspecified atom stereocenters. The van der Waals surface area contributed by atoms with E-state index in [0.29, 0.717) is 38.8 Å². The Morgan fingerprint density at radius 1 is 0.925 bits per heavy atom. The summed E-state index contributed by atoms with van der Waals surface area (Å²) in [5.41, 5.74) is 3.16. The lowest BCUT2D eigenvalue weighted by Crippen LogP contribution is -2.26. The SMILES string of the molecule is Cc1c(CSc2ccc(Cl)cc2)nn(-c2nc3ccccc3s2)c(=O)c1Nc1ccccc1Oc1ccccc1. The van der Waals surface area contributed by atoms with Crippen molar-refractivity contribution in [3.8, 4) is 16.6 Å². The van der Waals surface area contributed by atoms with E-state index in [1.807, 2.05) is 110 Å². The quantitative estimate of drug-likeness (QED) is 0.181. The number of hydrogen-bond acceptors (Lipinski definition) is 7. The van der Waals surface area contributed by atoms with Crippen LogP contribution in [0.5, 0.6) is 11.5 Å². The topological polar surface area (TPSA) is 69.0 Å². The Morgan fingerprint density at radius 3 is 2.45 bits per heavy atom. The Kier molecular flexibility index (Phi) is 7.55. The van der Waals surface area contributed by atoms with Gasteiger partial charge in [-0.2, -0.15) is 9.78 Å². The van der Waals surface area contributed by atoms with Crippen LogP contribution in [0.15, 0.2) is 113 Å². The predicted molar refractivity (Wildman–Crippen MR) is 165 cm³/mol. The van der Waals surface area contributed by atoms with Crippen LogP contribution in [-0.4, -0.2) is 14.8 Å². The van der Waals surface area contributed by atoms with Crippen molar-refractivity contribution in [2.45, 2.75) is 17.6 Å². The molecule has 4 aromatic carbocycles. The number of nitrogens with one attached hydrogen (secondary N) is 1. The fraction of sp³-hybridized carbons (Fsp3) is 0.0645. The Hall–Kier alpha value is -4.11. The molecule has 0 fully saturated rings. The Bertz CT molecular complexity index is 1820. The first-order valence-corrected chi connectivity index (χ1v) is 14.7. The first-order valence-electron chi connectivity index (χ1n) is 12.5. The van der Waals surface area contributed by atoms with Gasteiger partial charge in [0.25, 0.3) is 5.56 Å². The molecule has 1 N–H and O–H groups in total. The van der Waals surface area contributed by atoms with Crippen LogP contribution in [0.3, 0.4) is 0 Å². The van der Waals surface area contributed by atoms with Gasteiger partial charge in [0.05, 0.1) is 21.6 Å². The summed E-state index contributed by atoms with van der Waals surface area (Å²) in [6.45, 7) is 1.91. The minimum atomic E-state index is -0.286. The molecule has 0 amide bonds. The van der Waals surface area contributed by atoms with E-state index in [1.54, 1.807) is 11.8 Å². The average molecular weight is 583 g/mol. The van der Waals surface area contributed by atoms with Crippen LogP contribution < -0.4 is 15.6 Å². The molecule has 0 saturated heterocycles. The van der Waals surface area contributed by atoms with Gasteiger partial charge in [-0.1, -0.05) is 65.4 Å². The molecule has 0 atom stereocenters. The van der Waals surface area contributed by atoms with E-state index in [4.69, 9.17) is 26.4 Å². The van der Waals surface area contributed by atoms with Crippen LogP contribution in [0.25, 0.3) is 15.3 Å². The van der Waals surface area contributed by atoms with E-state index >= 15 is 0 Å². The second-order valence-corrected chi connectivity index (χ2v) is 11.4.